The molecular formula is C14H19ClN4O2. The zero-order valence-corrected chi connectivity index (χ0v) is 12.4. The van der Waals surface area contributed by atoms with Crippen LogP contribution in [-0.4, -0.2) is 34.6 Å². The Morgan fingerprint density at radius 2 is 2.10 bits per heavy atom. The normalized spacial score (nSPS) is 16.0. The Hall–Kier alpha value is -1.95. The number of oxime groups is 1. The molecule has 114 valence electrons. The van der Waals surface area contributed by atoms with E-state index in [2.05, 4.69) is 10.5 Å². The van der Waals surface area contributed by atoms with E-state index in [9.17, 15) is 4.79 Å². The quantitative estimate of drug-likeness (QED) is 0.345. The van der Waals surface area contributed by atoms with Crippen molar-refractivity contribution < 1.29 is 10.0 Å². The third-order valence-electron chi connectivity index (χ3n) is 3.60. The van der Waals surface area contributed by atoms with Crippen LogP contribution in [-0.2, 0) is 0 Å². The standard InChI is InChI=1S/C14H19ClN4O2/c15-11-7-3-4-8-12(11)17-14(20)19(9-13(16)18-21)10-5-1-2-6-10/h3-4,7-8,10,21H,1-2,5-6,9H2,(H2,16,18)(H,17,20). The highest BCUT2D eigenvalue weighted by molar-refractivity contribution is 6.33. The van der Waals surface area contributed by atoms with Crippen LogP contribution in [0.4, 0.5) is 10.5 Å². The van der Waals surface area contributed by atoms with Crippen molar-refractivity contribution >= 4 is 29.2 Å². The summed E-state index contributed by atoms with van der Waals surface area (Å²) in [6.07, 6.45) is 4.01. The molecule has 0 radical (unpaired) electrons. The van der Waals surface area contributed by atoms with Gasteiger partial charge in [-0.1, -0.05) is 41.7 Å². The molecule has 1 aromatic carbocycles. The summed E-state index contributed by atoms with van der Waals surface area (Å²) in [5, 5.41) is 14.9. The van der Waals surface area contributed by atoms with Crippen LogP contribution >= 0.6 is 11.6 Å². The molecule has 1 fully saturated rings. The van der Waals surface area contributed by atoms with Crippen LogP contribution in [0.15, 0.2) is 29.4 Å². The summed E-state index contributed by atoms with van der Waals surface area (Å²) in [6, 6.07) is 6.85. The number of amides is 2. The van der Waals surface area contributed by atoms with E-state index in [4.69, 9.17) is 22.5 Å². The van der Waals surface area contributed by atoms with Gasteiger partial charge in [0.25, 0.3) is 0 Å². The minimum Gasteiger partial charge on any atom is -0.409 e. The summed E-state index contributed by atoms with van der Waals surface area (Å²) < 4.78 is 0. The van der Waals surface area contributed by atoms with Gasteiger partial charge < -0.3 is 21.2 Å². The average molecular weight is 311 g/mol. The Kier molecular flexibility index (Phi) is 5.27. The number of para-hydroxylation sites is 1. The van der Waals surface area contributed by atoms with Gasteiger partial charge >= 0.3 is 6.03 Å². The fourth-order valence-corrected chi connectivity index (χ4v) is 2.72. The molecule has 0 saturated heterocycles. The second-order valence-corrected chi connectivity index (χ2v) is 5.47. The number of benzene rings is 1. The Bertz CT molecular complexity index is 529. The molecule has 0 spiro atoms. The molecule has 1 aliphatic rings. The van der Waals surface area contributed by atoms with Crippen molar-refractivity contribution in [3.63, 3.8) is 0 Å². The SMILES string of the molecule is NC(CN(C(=O)Nc1ccccc1Cl)C1CCCC1)=NO. The first-order valence-electron chi connectivity index (χ1n) is 6.90. The van der Waals surface area contributed by atoms with Crippen LogP contribution in [0.3, 0.4) is 0 Å². The van der Waals surface area contributed by atoms with Crippen molar-refractivity contribution in [3.8, 4) is 0 Å². The number of carbonyl (C=O) groups excluding carboxylic acids is 1. The maximum atomic E-state index is 12.5. The molecule has 0 unspecified atom stereocenters. The predicted molar refractivity (Wildman–Crippen MR) is 82.8 cm³/mol. The van der Waals surface area contributed by atoms with Crippen LogP contribution in [0.5, 0.6) is 0 Å². The van der Waals surface area contributed by atoms with Gasteiger partial charge in [0.2, 0.25) is 0 Å². The average Bonchev–Trinajstić information content (AvgIpc) is 3.00. The highest BCUT2D eigenvalue weighted by Crippen LogP contribution is 2.25. The molecular weight excluding hydrogens is 292 g/mol. The van der Waals surface area contributed by atoms with Gasteiger partial charge in [0.1, 0.15) is 0 Å². The molecule has 1 saturated carbocycles. The number of hydrogen-bond donors (Lipinski definition) is 3. The topological polar surface area (TPSA) is 91.0 Å². The molecule has 0 bridgehead atoms. The number of hydrogen-bond acceptors (Lipinski definition) is 3. The Morgan fingerprint density at radius 1 is 1.43 bits per heavy atom. The van der Waals surface area contributed by atoms with E-state index < -0.39 is 0 Å². The fraction of sp³-hybridized carbons (Fsp3) is 0.429. The van der Waals surface area contributed by atoms with E-state index in [1.165, 1.54) is 0 Å². The smallest absolute Gasteiger partial charge is 0.322 e. The number of carbonyl (C=O) groups is 1. The monoisotopic (exact) mass is 310 g/mol. The molecule has 0 aromatic heterocycles. The van der Waals surface area contributed by atoms with Gasteiger partial charge in [-0.05, 0) is 25.0 Å². The van der Waals surface area contributed by atoms with E-state index >= 15 is 0 Å². The number of nitrogens with two attached hydrogens (primary N) is 1. The Morgan fingerprint density at radius 3 is 2.71 bits per heavy atom. The van der Waals surface area contributed by atoms with Crippen LogP contribution in [0.2, 0.25) is 5.02 Å². The molecule has 0 aliphatic heterocycles. The maximum Gasteiger partial charge on any atom is 0.322 e. The van der Waals surface area contributed by atoms with Crippen molar-refractivity contribution in [2.24, 2.45) is 10.9 Å². The Balaban J connectivity index is 2.11. The van der Waals surface area contributed by atoms with Crippen LogP contribution in [0, 0.1) is 0 Å². The van der Waals surface area contributed by atoms with Crippen LogP contribution in [0.1, 0.15) is 25.7 Å². The molecule has 4 N–H and O–H groups in total. The summed E-state index contributed by atoms with van der Waals surface area (Å²) in [5.41, 5.74) is 6.10. The van der Waals surface area contributed by atoms with E-state index in [0.717, 1.165) is 25.7 Å². The van der Waals surface area contributed by atoms with Crippen LogP contribution < -0.4 is 11.1 Å². The van der Waals surface area contributed by atoms with Crippen molar-refractivity contribution in [1.29, 1.82) is 0 Å². The molecule has 2 amide bonds. The summed E-state index contributed by atoms with van der Waals surface area (Å²) in [6.45, 7) is 0.0947. The zero-order valence-electron chi connectivity index (χ0n) is 11.6. The Labute approximate surface area is 128 Å². The number of nitrogens with one attached hydrogen (secondary N) is 1. The summed E-state index contributed by atoms with van der Waals surface area (Å²) in [5.74, 6) is 0.0104. The van der Waals surface area contributed by atoms with Crippen molar-refractivity contribution in [2.45, 2.75) is 31.7 Å². The predicted octanol–water partition coefficient (Wildman–Crippen LogP) is 2.86. The lowest BCUT2D eigenvalue weighted by Crippen LogP contribution is -2.46. The van der Waals surface area contributed by atoms with Gasteiger partial charge in [0, 0.05) is 6.04 Å². The molecule has 1 aliphatic carbocycles. The summed E-state index contributed by atoms with van der Waals surface area (Å²) >= 11 is 6.04. The number of rotatable bonds is 4. The number of nitrogens with zero attached hydrogens (tertiary/aromatic N) is 2. The van der Waals surface area contributed by atoms with Gasteiger partial charge in [-0.15, -0.1) is 0 Å². The first-order valence-corrected chi connectivity index (χ1v) is 7.28. The highest BCUT2D eigenvalue weighted by atomic mass is 35.5. The van der Waals surface area contributed by atoms with Gasteiger partial charge in [0.15, 0.2) is 5.84 Å². The minimum atomic E-state index is -0.290. The number of amidine groups is 1. The highest BCUT2D eigenvalue weighted by Gasteiger charge is 2.27. The summed E-state index contributed by atoms with van der Waals surface area (Å²) in [4.78, 5) is 14.1. The third-order valence-corrected chi connectivity index (χ3v) is 3.93. The first-order chi connectivity index (χ1) is 10.1. The number of urea groups is 1. The summed E-state index contributed by atoms with van der Waals surface area (Å²) in [7, 11) is 0. The van der Waals surface area contributed by atoms with Crippen LogP contribution in [0.25, 0.3) is 0 Å². The van der Waals surface area contributed by atoms with Crippen molar-refractivity contribution in [1.82, 2.24) is 4.90 Å². The lowest BCUT2D eigenvalue weighted by Gasteiger charge is -2.28. The largest absolute Gasteiger partial charge is 0.409 e. The molecule has 21 heavy (non-hydrogen) atoms. The van der Waals surface area contributed by atoms with E-state index in [1.807, 2.05) is 0 Å². The second-order valence-electron chi connectivity index (χ2n) is 5.07. The second kappa shape index (κ2) is 7.17. The number of anilines is 1. The van der Waals surface area contributed by atoms with E-state index in [1.54, 1.807) is 29.2 Å². The number of halogens is 1. The minimum absolute atomic E-state index is 0.0104. The zero-order chi connectivity index (χ0) is 15.2. The van der Waals surface area contributed by atoms with Gasteiger partial charge in [0.05, 0.1) is 17.3 Å². The van der Waals surface area contributed by atoms with E-state index in [0.29, 0.717) is 10.7 Å². The van der Waals surface area contributed by atoms with Crippen molar-refractivity contribution in [2.75, 3.05) is 11.9 Å². The maximum absolute atomic E-state index is 12.5. The van der Waals surface area contributed by atoms with Gasteiger partial charge in [-0.25, -0.2) is 4.79 Å². The van der Waals surface area contributed by atoms with E-state index in [-0.39, 0.29) is 24.5 Å². The lowest BCUT2D eigenvalue weighted by atomic mass is 10.2. The van der Waals surface area contributed by atoms with Gasteiger partial charge in [-0.2, -0.15) is 0 Å². The fourth-order valence-electron chi connectivity index (χ4n) is 2.54. The van der Waals surface area contributed by atoms with Gasteiger partial charge in [-0.3, -0.25) is 0 Å². The lowest BCUT2D eigenvalue weighted by molar-refractivity contribution is 0.197. The molecule has 0 heterocycles. The molecule has 6 nitrogen and oxygen atoms in total. The third kappa shape index (κ3) is 4.01. The molecule has 1 aromatic rings. The molecule has 0 atom stereocenters. The van der Waals surface area contributed by atoms with Crippen molar-refractivity contribution in [3.05, 3.63) is 29.3 Å². The first kappa shape index (κ1) is 15.4. The molecule has 2 rings (SSSR count). The molecule has 7 heteroatoms.